The van der Waals surface area contributed by atoms with Gasteiger partial charge in [-0.1, -0.05) is 0 Å². The molecule has 0 spiro atoms. The molecule has 0 aliphatic rings. The van der Waals surface area contributed by atoms with Gasteiger partial charge in [0.05, 0.1) is 0 Å². The van der Waals surface area contributed by atoms with Crippen molar-refractivity contribution in [2.75, 3.05) is 7.05 Å². The quantitative estimate of drug-likeness (QED) is 0.539. The molecule has 1 heterocycles. The average molecular weight is 136 g/mol. The molecule has 1 radical (unpaired) electrons. The van der Waals surface area contributed by atoms with Gasteiger partial charge in [-0.05, 0) is 6.07 Å². The molecular weight excluding hydrogens is 130 g/mol. The molecule has 4 heteroatoms. The molecular formula is C6H6N3O. The number of rotatable bonds is 1. The molecule has 1 rings (SSSR count). The van der Waals surface area contributed by atoms with Crippen LogP contribution in [0.15, 0.2) is 18.5 Å². The number of aromatic nitrogens is 2. The molecule has 0 unspecified atom stereocenters. The normalized spacial score (nSPS) is 8.90. The number of carbonyl (C=O) groups excluding carboxylic acids is 1. The number of amides is 1. The second-order valence-electron chi connectivity index (χ2n) is 1.60. The van der Waals surface area contributed by atoms with Gasteiger partial charge < -0.3 is 0 Å². The summed E-state index contributed by atoms with van der Waals surface area (Å²) in [5.41, 5.74) is 0. The molecule has 0 aliphatic carbocycles. The minimum Gasteiger partial charge on any atom is -0.264 e. The third-order valence-corrected chi connectivity index (χ3v) is 0.960. The van der Waals surface area contributed by atoms with E-state index in [1.165, 1.54) is 19.4 Å². The van der Waals surface area contributed by atoms with Gasteiger partial charge in [0.2, 0.25) is 5.82 Å². The zero-order valence-electron chi connectivity index (χ0n) is 5.48. The second kappa shape index (κ2) is 2.91. The lowest BCUT2D eigenvalue weighted by molar-refractivity contribution is 0.0948. The lowest BCUT2D eigenvalue weighted by Crippen LogP contribution is -2.13. The van der Waals surface area contributed by atoms with Crippen molar-refractivity contribution in [2.45, 2.75) is 0 Å². The van der Waals surface area contributed by atoms with Crippen LogP contribution >= 0.6 is 0 Å². The predicted molar refractivity (Wildman–Crippen MR) is 34.4 cm³/mol. The lowest BCUT2D eigenvalue weighted by Gasteiger charge is -1.91. The van der Waals surface area contributed by atoms with Crippen LogP contribution in [0.4, 0.5) is 0 Å². The molecule has 1 amide bonds. The van der Waals surface area contributed by atoms with E-state index in [0.717, 1.165) is 0 Å². The van der Waals surface area contributed by atoms with E-state index in [1.54, 1.807) is 6.07 Å². The summed E-state index contributed by atoms with van der Waals surface area (Å²) in [6.07, 6.45) is 3.01. The summed E-state index contributed by atoms with van der Waals surface area (Å²) in [6.45, 7) is 0. The maximum absolute atomic E-state index is 10.7. The Morgan fingerprint density at radius 1 is 1.50 bits per heavy atom. The fourth-order valence-corrected chi connectivity index (χ4v) is 0.510. The van der Waals surface area contributed by atoms with Crippen molar-refractivity contribution in [2.24, 2.45) is 0 Å². The van der Waals surface area contributed by atoms with E-state index in [2.05, 4.69) is 15.3 Å². The number of nitrogens with zero attached hydrogens (tertiary/aromatic N) is 3. The Labute approximate surface area is 58.3 Å². The fourth-order valence-electron chi connectivity index (χ4n) is 0.510. The summed E-state index contributed by atoms with van der Waals surface area (Å²) in [7, 11) is 1.42. The predicted octanol–water partition coefficient (Wildman–Crippen LogP) is -0.149. The van der Waals surface area contributed by atoms with E-state index in [4.69, 9.17) is 0 Å². The van der Waals surface area contributed by atoms with E-state index in [-0.39, 0.29) is 11.7 Å². The molecule has 0 saturated carbocycles. The zero-order chi connectivity index (χ0) is 7.40. The van der Waals surface area contributed by atoms with E-state index in [0.29, 0.717) is 0 Å². The van der Waals surface area contributed by atoms with E-state index >= 15 is 0 Å². The van der Waals surface area contributed by atoms with Crippen molar-refractivity contribution in [3.8, 4) is 0 Å². The minimum absolute atomic E-state index is 0.144. The maximum Gasteiger partial charge on any atom is 0.309 e. The largest absolute Gasteiger partial charge is 0.309 e. The molecule has 51 valence electrons. The van der Waals surface area contributed by atoms with Crippen LogP contribution in [-0.2, 0) is 0 Å². The summed E-state index contributed by atoms with van der Waals surface area (Å²) in [4.78, 5) is 18.1. The lowest BCUT2D eigenvalue weighted by atomic mass is 10.5. The van der Waals surface area contributed by atoms with Gasteiger partial charge in [0.25, 0.3) is 0 Å². The van der Waals surface area contributed by atoms with Crippen molar-refractivity contribution < 1.29 is 4.79 Å². The van der Waals surface area contributed by atoms with Crippen LogP contribution in [0.1, 0.15) is 10.6 Å². The van der Waals surface area contributed by atoms with Gasteiger partial charge in [0, 0.05) is 19.4 Å². The first-order valence-electron chi connectivity index (χ1n) is 2.76. The first kappa shape index (κ1) is 6.67. The fraction of sp³-hybridized carbons (Fsp3) is 0.167. The van der Waals surface area contributed by atoms with Gasteiger partial charge in [0.15, 0.2) is 0 Å². The van der Waals surface area contributed by atoms with Gasteiger partial charge in [-0.3, -0.25) is 4.79 Å². The SMILES string of the molecule is C[N]C(=O)c1ncccn1. The molecule has 1 aromatic rings. The highest BCUT2D eigenvalue weighted by Gasteiger charge is 2.04. The summed E-state index contributed by atoms with van der Waals surface area (Å²) in [6, 6.07) is 1.65. The molecule has 1 aromatic heterocycles. The van der Waals surface area contributed by atoms with Gasteiger partial charge in [0.1, 0.15) is 0 Å². The Morgan fingerprint density at radius 2 is 2.10 bits per heavy atom. The van der Waals surface area contributed by atoms with E-state index in [1.807, 2.05) is 0 Å². The standard InChI is InChI=1S/C6H6N3O/c1-7-6(10)5-8-3-2-4-9-5/h2-4H,1H3. The monoisotopic (exact) mass is 136 g/mol. The van der Waals surface area contributed by atoms with Gasteiger partial charge in [-0.25, -0.2) is 15.3 Å². The van der Waals surface area contributed by atoms with Crippen LogP contribution in [0.25, 0.3) is 0 Å². The molecule has 10 heavy (non-hydrogen) atoms. The molecule has 0 aromatic carbocycles. The molecule has 0 atom stereocenters. The van der Waals surface area contributed by atoms with Crippen LogP contribution in [0.3, 0.4) is 0 Å². The highest BCUT2D eigenvalue weighted by atomic mass is 16.2. The third kappa shape index (κ3) is 1.28. The molecule has 0 N–H and O–H groups in total. The number of hydrogen-bond acceptors (Lipinski definition) is 3. The van der Waals surface area contributed by atoms with Crippen molar-refractivity contribution >= 4 is 5.91 Å². The van der Waals surface area contributed by atoms with E-state index < -0.39 is 0 Å². The van der Waals surface area contributed by atoms with Crippen LogP contribution < -0.4 is 5.32 Å². The molecule has 0 bridgehead atoms. The van der Waals surface area contributed by atoms with Crippen molar-refractivity contribution in [1.82, 2.24) is 15.3 Å². The Kier molecular flexibility index (Phi) is 1.94. The number of carbonyl (C=O) groups is 1. The molecule has 0 aliphatic heterocycles. The maximum atomic E-state index is 10.7. The Morgan fingerprint density at radius 3 is 2.60 bits per heavy atom. The average Bonchev–Trinajstić information content (AvgIpc) is 2.05. The number of hydrogen-bond donors (Lipinski definition) is 0. The molecule has 4 nitrogen and oxygen atoms in total. The highest BCUT2D eigenvalue weighted by molar-refractivity contribution is 5.89. The van der Waals surface area contributed by atoms with Crippen LogP contribution in [0.2, 0.25) is 0 Å². The third-order valence-electron chi connectivity index (χ3n) is 0.960. The van der Waals surface area contributed by atoms with Gasteiger partial charge in [-0.2, -0.15) is 0 Å². The smallest absolute Gasteiger partial charge is 0.264 e. The molecule has 0 saturated heterocycles. The van der Waals surface area contributed by atoms with E-state index in [9.17, 15) is 4.79 Å². The van der Waals surface area contributed by atoms with Crippen LogP contribution in [0, 0.1) is 0 Å². The summed E-state index contributed by atoms with van der Waals surface area (Å²) >= 11 is 0. The van der Waals surface area contributed by atoms with Crippen molar-refractivity contribution in [3.05, 3.63) is 24.3 Å². The van der Waals surface area contributed by atoms with Crippen LogP contribution in [0.5, 0.6) is 0 Å². The minimum atomic E-state index is -0.388. The first-order valence-corrected chi connectivity index (χ1v) is 2.76. The Bertz CT molecular complexity index is 222. The highest BCUT2D eigenvalue weighted by Crippen LogP contribution is 1.85. The van der Waals surface area contributed by atoms with Crippen LogP contribution in [-0.4, -0.2) is 22.9 Å². The topological polar surface area (TPSA) is 57.0 Å². The molecule has 0 fully saturated rings. The summed E-state index contributed by atoms with van der Waals surface area (Å²) in [5, 5.41) is 3.39. The van der Waals surface area contributed by atoms with Crippen molar-refractivity contribution in [1.29, 1.82) is 0 Å². The van der Waals surface area contributed by atoms with Gasteiger partial charge in [-0.15, -0.1) is 0 Å². The van der Waals surface area contributed by atoms with Crippen molar-refractivity contribution in [3.63, 3.8) is 0 Å². The Balaban J connectivity index is 2.85. The second-order valence-corrected chi connectivity index (χ2v) is 1.60. The first-order chi connectivity index (χ1) is 4.84. The summed E-state index contributed by atoms with van der Waals surface area (Å²) < 4.78 is 0. The Hall–Kier alpha value is -1.45. The van der Waals surface area contributed by atoms with Gasteiger partial charge >= 0.3 is 5.91 Å². The summed E-state index contributed by atoms with van der Waals surface area (Å²) in [5.74, 6) is -0.245. The zero-order valence-corrected chi connectivity index (χ0v) is 5.48.